The zero-order valence-corrected chi connectivity index (χ0v) is 16.4. The van der Waals surface area contributed by atoms with Gasteiger partial charge in [0, 0.05) is 17.8 Å². The Morgan fingerprint density at radius 3 is 2.58 bits per heavy atom. The molecule has 1 saturated heterocycles. The molecule has 1 atom stereocenters. The van der Waals surface area contributed by atoms with E-state index in [1.165, 1.54) is 35.7 Å². The van der Waals surface area contributed by atoms with Crippen molar-refractivity contribution < 1.29 is 4.74 Å². The van der Waals surface area contributed by atoms with E-state index >= 15 is 0 Å². The summed E-state index contributed by atoms with van der Waals surface area (Å²) in [5, 5.41) is 2.50. The van der Waals surface area contributed by atoms with Gasteiger partial charge in [-0.05, 0) is 54.9 Å². The zero-order chi connectivity index (χ0) is 16.4. The van der Waals surface area contributed by atoms with Crippen LogP contribution in [0.25, 0.3) is 21.9 Å². The van der Waals surface area contributed by atoms with Gasteiger partial charge in [-0.15, -0.1) is 24.8 Å². The van der Waals surface area contributed by atoms with Gasteiger partial charge in [0.2, 0.25) is 0 Å². The molecular weight excluding hydrogens is 367 g/mol. The van der Waals surface area contributed by atoms with E-state index in [0.29, 0.717) is 6.04 Å². The molecule has 138 valence electrons. The van der Waals surface area contributed by atoms with Crippen LogP contribution >= 0.6 is 24.8 Å². The molecule has 0 spiro atoms. The van der Waals surface area contributed by atoms with E-state index in [2.05, 4.69) is 65.5 Å². The molecule has 1 aromatic heterocycles. The highest BCUT2D eigenvalue weighted by molar-refractivity contribution is 5.87. The van der Waals surface area contributed by atoms with Crippen LogP contribution in [0.3, 0.4) is 0 Å². The third kappa shape index (κ3) is 4.47. The normalized spacial score (nSPS) is 16.7. The quantitative estimate of drug-likeness (QED) is 0.610. The Balaban J connectivity index is 0.00000121. The number of benzene rings is 2. The minimum atomic E-state index is 0. The molecule has 4 rings (SSSR count). The van der Waals surface area contributed by atoms with Crippen molar-refractivity contribution in [1.29, 1.82) is 0 Å². The van der Waals surface area contributed by atoms with Gasteiger partial charge in [0.25, 0.3) is 0 Å². The Kier molecular flexibility index (Phi) is 7.27. The number of hydrogen-bond donors (Lipinski definition) is 0. The highest BCUT2D eigenvalue weighted by Gasteiger charge is 2.21. The fourth-order valence-electron chi connectivity index (χ4n) is 3.41. The van der Waals surface area contributed by atoms with E-state index in [9.17, 15) is 0 Å². The molecule has 1 fully saturated rings. The minimum Gasteiger partial charge on any atom is -0.490 e. The first-order valence-corrected chi connectivity index (χ1v) is 8.57. The summed E-state index contributed by atoms with van der Waals surface area (Å²) in [4.78, 5) is 6.74. The number of likely N-dealkylation sites (N-methyl/N-ethyl adjacent to an activating group) is 1. The standard InChI is InChI=1S/C21H22N2O.2ClH/c1-23-10-4-7-20(23)15-24-21-12-19(13-22-14-21)18-9-8-16-5-2-3-6-17(16)11-18;;/h2-3,5-6,8-9,11-14,20H,4,7,10,15H2,1H3;2*1H/t20-;;/m0../s1. The second-order valence-corrected chi connectivity index (χ2v) is 6.56. The summed E-state index contributed by atoms with van der Waals surface area (Å²) in [7, 11) is 2.17. The Morgan fingerprint density at radius 2 is 1.81 bits per heavy atom. The van der Waals surface area contributed by atoms with Crippen molar-refractivity contribution in [2.45, 2.75) is 18.9 Å². The van der Waals surface area contributed by atoms with Gasteiger partial charge in [-0.25, -0.2) is 0 Å². The number of aromatic nitrogens is 1. The summed E-state index contributed by atoms with van der Waals surface area (Å²) < 4.78 is 6.01. The Morgan fingerprint density at radius 1 is 1.00 bits per heavy atom. The SMILES string of the molecule is CN1CCC[C@H]1COc1cncc(-c2ccc3ccccc3c2)c1.Cl.Cl. The van der Waals surface area contributed by atoms with Crippen LogP contribution in [0.4, 0.5) is 0 Å². The Bertz CT molecular complexity index is 856. The predicted molar refractivity (Wildman–Crippen MR) is 113 cm³/mol. The minimum absolute atomic E-state index is 0. The van der Waals surface area contributed by atoms with E-state index in [1.807, 2.05) is 6.20 Å². The van der Waals surface area contributed by atoms with E-state index in [0.717, 1.165) is 17.9 Å². The molecule has 1 aliphatic heterocycles. The number of hydrogen-bond acceptors (Lipinski definition) is 3. The topological polar surface area (TPSA) is 25.4 Å². The number of pyridine rings is 1. The fourth-order valence-corrected chi connectivity index (χ4v) is 3.41. The molecule has 1 aliphatic rings. The van der Waals surface area contributed by atoms with Crippen molar-refractivity contribution >= 4 is 35.6 Å². The van der Waals surface area contributed by atoms with Gasteiger partial charge in [0.1, 0.15) is 12.4 Å². The number of likely N-dealkylation sites (tertiary alicyclic amines) is 1. The molecule has 0 unspecified atom stereocenters. The van der Waals surface area contributed by atoms with Crippen molar-refractivity contribution in [3.8, 4) is 16.9 Å². The Labute approximate surface area is 167 Å². The van der Waals surface area contributed by atoms with Crippen molar-refractivity contribution in [2.75, 3.05) is 20.2 Å². The van der Waals surface area contributed by atoms with Crippen LogP contribution < -0.4 is 4.74 Å². The van der Waals surface area contributed by atoms with Gasteiger partial charge in [-0.2, -0.15) is 0 Å². The summed E-state index contributed by atoms with van der Waals surface area (Å²) >= 11 is 0. The second kappa shape index (κ2) is 9.22. The van der Waals surface area contributed by atoms with E-state index in [4.69, 9.17) is 4.74 Å². The molecule has 26 heavy (non-hydrogen) atoms. The molecule has 3 nitrogen and oxygen atoms in total. The maximum atomic E-state index is 6.01. The molecule has 2 aromatic carbocycles. The van der Waals surface area contributed by atoms with Gasteiger partial charge in [0.15, 0.2) is 0 Å². The second-order valence-electron chi connectivity index (χ2n) is 6.56. The monoisotopic (exact) mass is 390 g/mol. The van der Waals surface area contributed by atoms with Gasteiger partial charge >= 0.3 is 0 Å². The molecule has 0 N–H and O–H groups in total. The average molecular weight is 391 g/mol. The van der Waals surface area contributed by atoms with Crippen LogP contribution in [0.15, 0.2) is 60.9 Å². The van der Waals surface area contributed by atoms with Crippen LogP contribution in [0.1, 0.15) is 12.8 Å². The van der Waals surface area contributed by atoms with Crippen molar-refractivity contribution in [1.82, 2.24) is 9.88 Å². The van der Waals surface area contributed by atoms with Gasteiger partial charge in [-0.3, -0.25) is 4.98 Å². The average Bonchev–Trinajstić information content (AvgIpc) is 3.05. The predicted octanol–water partition coefficient (Wildman–Crippen LogP) is 5.22. The van der Waals surface area contributed by atoms with Crippen molar-refractivity contribution in [2.24, 2.45) is 0 Å². The molecular formula is C21H24Cl2N2O. The van der Waals surface area contributed by atoms with E-state index < -0.39 is 0 Å². The first-order chi connectivity index (χ1) is 11.8. The first kappa shape index (κ1) is 20.5. The van der Waals surface area contributed by atoms with Gasteiger partial charge in [-0.1, -0.05) is 36.4 Å². The van der Waals surface area contributed by atoms with Crippen LogP contribution in [0.5, 0.6) is 5.75 Å². The van der Waals surface area contributed by atoms with Gasteiger partial charge in [0.05, 0.1) is 6.20 Å². The molecule has 0 saturated carbocycles. The molecule has 0 aliphatic carbocycles. The Hall–Kier alpha value is -1.81. The lowest BCUT2D eigenvalue weighted by atomic mass is 10.0. The van der Waals surface area contributed by atoms with Crippen LogP contribution in [-0.2, 0) is 0 Å². The number of ether oxygens (including phenoxy) is 1. The van der Waals surface area contributed by atoms with Crippen molar-refractivity contribution in [3.63, 3.8) is 0 Å². The third-order valence-electron chi connectivity index (χ3n) is 4.91. The fraction of sp³-hybridized carbons (Fsp3) is 0.286. The largest absolute Gasteiger partial charge is 0.490 e. The molecule has 0 bridgehead atoms. The van der Waals surface area contributed by atoms with Crippen LogP contribution in [-0.4, -0.2) is 36.1 Å². The van der Waals surface area contributed by atoms with E-state index in [-0.39, 0.29) is 24.8 Å². The number of halogens is 2. The highest BCUT2D eigenvalue weighted by Crippen LogP contribution is 2.26. The zero-order valence-electron chi connectivity index (χ0n) is 14.8. The molecule has 5 heteroatoms. The summed E-state index contributed by atoms with van der Waals surface area (Å²) in [5.41, 5.74) is 2.27. The third-order valence-corrected chi connectivity index (χ3v) is 4.91. The smallest absolute Gasteiger partial charge is 0.138 e. The molecule has 2 heterocycles. The maximum absolute atomic E-state index is 6.01. The van der Waals surface area contributed by atoms with Crippen LogP contribution in [0.2, 0.25) is 0 Å². The summed E-state index contributed by atoms with van der Waals surface area (Å²) in [6, 6.07) is 17.5. The summed E-state index contributed by atoms with van der Waals surface area (Å²) in [6.07, 6.45) is 6.19. The van der Waals surface area contributed by atoms with Gasteiger partial charge < -0.3 is 9.64 Å². The lowest BCUT2D eigenvalue weighted by Crippen LogP contribution is -2.30. The number of fused-ring (bicyclic) bond motifs is 1. The lowest BCUT2D eigenvalue weighted by Gasteiger charge is -2.19. The summed E-state index contributed by atoms with van der Waals surface area (Å²) in [6.45, 7) is 1.91. The lowest BCUT2D eigenvalue weighted by molar-refractivity contribution is 0.198. The maximum Gasteiger partial charge on any atom is 0.138 e. The number of rotatable bonds is 4. The molecule has 0 amide bonds. The van der Waals surface area contributed by atoms with Crippen molar-refractivity contribution in [3.05, 3.63) is 60.9 Å². The molecule has 3 aromatic rings. The summed E-state index contributed by atoms with van der Waals surface area (Å²) in [5.74, 6) is 0.848. The molecule has 0 radical (unpaired) electrons. The first-order valence-electron chi connectivity index (χ1n) is 8.57. The van der Waals surface area contributed by atoms with Crippen LogP contribution in [0, 0.1) is 0 Å². The number of nitrogens with zero attached hydrogens (tertiary/aromatic N) is 2. The highest BCUT2D eigenvalue weighted by atomic mass is 35.5. The van der Waals surface area contributed by atoms with E-state index in [1.54, 1.807) is 6.20 Å².